The molecule has 2 atom stereocenters. The molecule has 26 heavy (non-hydrogen) atoms. The highest BCUT2D eigenvalue weighted by molar-refractivity contribution is 5.36. The van der Waals surface area contributed by atoms with Crippen molar-refractivity contribution in [3.8, 4) is 11.8 Å². The van der Waals surface area contributed by atoms with Crippen LogP contribution in [0.5, 0.6) is 0 Å². The lowest BCUT2D eigenvalue weighted by Crippen LogP contribution is -2.59. The van der Waals surface area contributed by atoms with E-state index in [0.29, 0.717) is 11.5 Å². The molecule has 2 bridgehead atoms. The van der Waals surface area contributed by atoms with Gasteiger partial charge in [-0.15, -0.1) is 0 Å². The molecule has 1 saturated carbocycles. The first kappa shape index (κ1) is 18.0. The van der Waals surface area contributed by atoms with Crippen molar-refractivity contribution >= 4 is 0 Å². The summed E-state index contributed by atoms with van der Waals surface area (Å²) in [5.41, 5.74) is -1.36. The van der Waals surface area contributed by atoms with Gasteiger partial charge in [-0.05, 0) is 38.8 Å². The summed E-state index contributed by atoms with van der Waals surface area (Å²) < 4.78 is 22.4. The van der Waals surface area contributed by atoms with Crippen molar-refractivity contribution in [3.63, 3.8) is 0 Å². The molecule has 0 amide bonds. The maximum atomic E-state index is 16.5. The number of halogens is 1. The van der Waals surface area contributed by atoms with E-state index in [2.05, 4.69) is 16.7 Å². The van der Waals surface area contributed by atoms with Crippen molar-refractivity contribution in [1.82, 2.24) is 4.90 Å². The second-order valence-electron chi connectivity index (χ2n) is 8.31. The summed E-state index contributed by atoms with van der Waals surface area (Å²) in [6, 6.07) is 9.60. The second kappa shape index (κ2) is 7.33. The molecule has 0 spiro atoms. The van der Waals surface area contributed by atoms with E-state index in [4.69, 9.17) is 4.74 Å². The second-order valence-corrected chi connectivity index (χ2v) is 8.31. The third kappa shape index (κ3) is 3.19. The molecule has 0 N–H and O–H groups in total. The van der Waals surface area contributed by atoms with Crippen LogP contribution in [0.25, 0.3) is 0 Å². The number of rotatable bonds is 3. The van der Waals surface area contributed by atoms with Crippen molar-refractivity contribution in [3.05, 3.63) is 35.9 Å². The van der Waals surface area contributed by atoms with Gasteiger partial charge in [0, 0.05) is 31.1 Å². The standard InChI is InChI=1S/C23H30FNO/c1-26-22(18-25-16-12-19(22)13-17-25)14-15-23(24,20-8-4-2-5-9-20)21-10-6-3-7-11-21/h2,4-5,8-9,19,21H,3,6-7,10-13,16-18H2,1H3. The minimum absolute atomic E-state index is 0.0128. The summed E-state index contributed by atoms with van der Waals surface area (Å²) in [6.45, 7) is 3.07. The van der Waals surface area contributed by atoms with E-state index in [1.165, 1.54) is 6.42 Å². The zero-order valence-electron chi connectivity index (χ0n) is 15.8. The third-order valence-electron chi connectivity index (χ3n) is 6.89. The van der Waals surface area contributed by atoms with Crippen LogP contribution in [0.4, 0.5) is 4.39 Å². The number of hydrogen-bond donors (Lipinski definition) is 0. The van der Waals surface area contributed by atoms with Crippen LogP contribution in [-0.2, 0) is 10.4 Å². The average molecular weight is 355 g/mol. The SMILES string of the molecule is COC1(C#CC(F)(c2ccccc2)C2CCCCC2)CN2CCC1CC2. The van der Waals surface area contributed by atoms with Crippen LogP contribution in [0, 0.1) is 23.7 Å². The van der Waals surface area contributed by atoms with Crippen molar-refractivity contribution in [2.45, 2.75) is 56.2 Å². The van der Waals surface area contributed by atoms with Crippen molar-refractivity contribution in [2.75, 3.05) is 26.7 Å². The summed E-state index contributed by atoms with van der Waals surface area (Å²) >= 11 is 0. The van der Waals surface area contributed by atoms with Gasteiger partial charge in [0.05, 0.1) is 0 Å². The lowest BCUT2D eigenvalue weighted by molar-refractivity contribution is -0.0965. The first-order valence-corrected chi connectivity index (χ1v) is 10.2. The number of methoxy groups -OCH3 is 1. The smallest absolute Gasteiger partial charge is 0.198 e. The van der Waals surface area contributed by atoms with E-state index in [1.807, 2.05) is 30.3 Å². The molecule has 1 aliphatic carbocycles. The van der Waals surface area contributed by atoms with Gasteiger partial charge in [-0.1, -0.05) is 61.4 Å². The molecule has 3 heterocycles. The molecule has 5 rings (SSSR count). The molecule has 0 aromatic heterocycles. The number of hydrogen-bond acceptors (Lipinski definition) is 2. The highest BCUT2D eigenvalue weighted by atomic mass is 19.1. The fourth-order valence-electron chi connectivity index (χ4n) is 5.23. The Morgan fingerprint density at radius 1 is 1.08 bits per heavy atom. The summed E-state index contributed by atoms with van der Waals surface area (Å²) in [4.78, 5) is 2.42. The molecule has 4 aliphatic rings. The topological polar surface area (TPSA) is 12.5 Å². The maximum absolute atomic E-state index is 16.5. The first-order chi connectivity index (χ1) is 12.7. The van der Waals surface area contributed by atoms with Crippen molar-refractivity contribution in [1.29, 1.82) is 0 Å². The van der Waals surface area contributed by atoms with Crippen LogP contribution in [0.3, 0.4) is 0 Å². The van der Waals surface area contributed by atoms with Crippen LogP contribution in [-0.4, -0.2) is 37.2 Å². The highest BCUT2D eigenvalue weighted by Crippen LogP contribution is 2.43. The fraction of sp³-hybridized carbons (Fsp3) is 0.652. The molecular formula is C23H30FNO. The lowest BCUT2D eigenvalue weighted by Gasteiger charge is -2.50. The van der Waals surface area contributed by atoms with E-state index in [0.717, 1.165) is 58.2 Å². The number of piperidine rings is 3. The molecule has 1 aromatic rings. The Labute approximate surface area is 157 Å². The zero-order chi connectivity index (χ0) is 18.0. The van der Waals surface area contributed by atoms with Gasteiger partial charge < -0.3 is 4.74 Å². The molecule has 1 aromatic carbocycles. The minimum atomic E-state index is -1.57. The summed E-state index contributed by atoms with van der Waals surface area (Å²) in [5.74, 6) is 6.94. The number of ether oxygens (including phenoxy) is 1. The van der Waals surface area contributed by atoms with Gasteiger partial charge in [0.25, 0.3) is 0 Å². The largest absolute Gasteiger partial charge is 0.364 e. The Balaban J connectivity index is 1.70. The maximum Gasteiger partial charge on any atom is 0.198 e. The molecule has 2 unspecified atom stereocenters. The van der Waals surface area contributed by atoms with Crippen LogP contribution in [0.2, 0.25) is 0 Å². The number of fused-ring (bicyclic) bond motifs is 3. The molecule has 2 nitrogen and oxygen atoms in total. The Morgan fingerprint density at radius 3 is 2.35 bits per heavy atom. The van der Waals surface area contributed by atoms with Crippen molar-refractivity contribution in [2.24, 2.45) is 11.8 Å². The van der Waals surface area contributed by atoms with E-state index in [9.17, 15) is 0 Å². The zero-order valence-corrected chi connectivity index (χ0v) is 15.8. The molecular weight excluding hydrogens is 325 g/mol. The van der Waals surface area contributed by atoms with E-state index >= 15 is 4.39 Å². The summed E-state index contributed by atoms with van der Waals surface area (Å²) in [5, 5.41) is 0. The summed E-state index contributed by atoms with van der Waals surface area (Å²) in [7, 11) is 1.75. The number of alkyl halides is 1. The fourth-order valence-corrected chi connectivity index (χ4v) is 5.23. The van der Waals surface area contributed by atoms with E-state index < -0.39 is 11.3 Å². The van der Waals surface area contributed by atoms with Gasteiger partial charge in [-0.3, -0.25) is 4.90 Å². The average Bonchev–Trinajstić information content (AvgIpc) is 2.74. The van der Waals surface area contributed by atoms with Crippen LogP contribution in [0.15, 0.2) is 30.3 Å². The summed E-state index contributed by atoms with van der Waals surface area (Å²) in [6.07, 6.45) is 7.50. The van der Waals surface area contributed by atoms with Gasteiger partial charge in [0.1, 0.15) is 5.60 Å². The van der Waals surface area contributed by atoms with E-state index in [-0.39, 0.29) is 5.92 Å². The van der Waals surface area contributed by atoms with Gasteiger partial charge in [-0.2, -0.15) is 0 Å². The quantitative estimate of drug-likeness (QED) is 0.738. The van der Waals surface area contributed by atoms with E-state index in [1.54, 1.807) is 7.11 Å². The molecule has 3 heteroatoms. The Morgan fingerprint density at radius 2 is 1.77 bits per heavy atom. The van der Waals surface area contributed by atoms with Crippen molar-refractivity contribution < 1.29 is 9.13 Å². The minimum Gasteiger partial charge on any atom is -0.364 e. The first-order valence-electron chi connectivity index (χ1n) is 10.2. The molecule has 0 radical (unpaired) electrons. The number of nitrogens with zero attached hydrogens (tertiary/aromatic N) is 1. The monoisotopic (exact) mass is 355 g/mol. The number of benzene rings is 1. The van der Waals surface area contributed by atoms with Crippen LogP contribution in [0.1, 0.15) is 50.5 Å². The Bertz CT molecular complexity index is 666. The predicted octanol–water partition coefficient (Wildman–Crippen LogP) is 4.55. The highest BCUT2D eigenvalue weighted by Gasteiger charge is 2.47. The third-order valence-corrected chi connectivity index (χ3v) is 6.89. The molecule has 4 fully saturated rings. The van der Waals surface area contributed by atoms with Crippen LogP contribution < -0.4 is 0 Å². The molecule has 3 aliphatic heterocycles. The van der Waals surface area contributed by atoms with Crippen LogP contribution >= 0.6 is 0 Å². The Hall–Kier alpha value is -1.37. The lowest BCUT2D eigenvalue weighted by atomic mass is 9.72. The Kier molecular flexibility index (Phi) is 5.08. The molecule has 140 valence electrons. The van der Waals surface area contributed by atoms with Gasteiger partial charge in [0.15, 0.2) is 5.67 Å². The van der Waals surface area contributed by atoms with Gasteiger partial charge in [-0.25, -0.2) is 4.39 Å². The van der Waals surface area contributed by atoms with Gasteiger partial charge in [0.2, 0.25) is 0 Å². The van der Waals surface area contributed by atoms with Gasteiger partial charge >= 0.3 is 0 Å². The normalized spacial score (nSPS) is 33.9. The molecule has 3 saturated heterocycles. The predicted molar refractivity (Wildman–Crippen MR) is 102 cm³/mol.